The van der Waals surface area contributed by atoms with Crippen LogP contribution in [-0.2, 0) is 6.54 Å². The Morgan fingerprint density at radius 2 is 1.79 bits per heavy atom. The molecule has 2 aromatic heterocycles. The Kier molecular flexibility index (Phi) is 6.56. The van der Waals surface area contributed by atoms with Gasteiger partial charge >= 0.3 is 0 Å². The number of nitrogens with one attached hydrogen (secondary N) is 1. The van der Waals surface area contributed by atoms with Crippen molar-refractivity contribution < 1.29 is 0 Å². The predicted octanol–water partition coefficient (Wildman–Crippen LogP) is 2.54. The minimum Gasteiger partial charge on any atom is -0.369 e. The first-order chi connectivity index (χ1) is 16.5. The molecule has 3 aromatic rings. The lowest BCUT2D eigenvalue weighted by molar-refractivity contribution is 0.313. The number of nitrogens with zero attached hydrogens (tertiary/aromatic N) is 7. The second kappa shape index (κ2) is 9.76. The molecule has 182 valence electrons. The van der Waals surface area contributed by atoms with Gasteiger partial charge in [-0.05, 0) is 43.5 Å². The molecule has 0 unspecified atom stereocenters. The summed E-state index contributed by atoms with van der Waals surface area (Å²) in [4.78, 5) is 16.9. The third-order valence-corrected chi connectivity index (χ3v) is 7.06. The van der Waals surface area contributed by atoms with E-state index in [4.69, 9.17) is 15.7 Å². The Morgan fingerprint density at radius 1 is 1.03 bits per heavy atom. The van der Waals surface area contributed by atoms with Crippen LogP contribution in [0.15, 0.2) is 30.5 Å². The van der Waals surface area contributed by atoms with E-state index in [9.17, 15) is 0 Å². The average molecular weight is 464 g/mol. The molecule has 3 N–H and O–H groups in total. The Morgan fingerprint density at radius 3 is 2.53 bits per heavy atom. The van der Waals surface area contributed by atoms with Crippen LogP contribution in [0.25, 0.3) is 5.65 Å². The number of aromatic nitrogens is 4. The van der Waals surface area contributed by atoms with E-state index in [1.54, 1.807) is 0 Å². The second-order valence-electron chi connectivity index (χ2n) is 9.98. The molecule has 1 aromatic carbocycles. The van der Waals surface area contributed by atoms with Gasteiger partial charge in [-0.1, -0.05) is 26.0 Å². The monoisotopic (exact) mass is 463 g/mol. The molecule has 34 heavy (non-hydrogen) atoms. The molecule has 5 rings (SSSR count). The smallest absolute Gasteiger partial charge is 0.230 e. The van der Waals surface area contributed by atoms with Gasteiger partial charge < -0.3 is 25.8 Å². The summed E-state index contributed by atoms with van der Waals surface area (Å²) in [6.45, 7) is 11.1. The van der Waals surface area contributed by atoms with Crippen LogP contribution in [-0.4, -0.2) is 76.8 Å². The van der Waals surface area contributed by atoms with Crippen LogP contribution in [0.5, 0.6) is 0 Å². The number of piperazine rings is 1. The Bertz CT molecular complexity index is 1110. The summed E-state index contributed by atoms with van der Waals surface area (Å²) in [7, 11) is 2.19. The van der Waals surface area contributed by atoms with E-state index in [-0.39, 0.29) is 6.04 Å². The van der Waals surface area contributed by atoms with Crippen LogP contribution >= 0.6 is 0 Å². The topological polar surface area (TPSA) is 90.9 Å². The van der Waals surface area contributed by atoms with E-state index < -0.39 is 0 Å². The van der Waals surface area contributed by atoms with Crippen molar-refractivity contribution in [2.75, 3.05) is 61.4 Å². The summed E-state index contributed by atoms with van der Waals surface area (Å²) in [6, 6.07) is 9.07. The van der Waals surface area contributed by atoms with Crippen LogP contribution in [0.4, 0.5) is 17.6 Å². The van der Waals surface area contributed by atoms with Gasteiger partial charge in [0.1, 0.15) is 0 Å². The number of piperidine rings is 1. The van der Waals surface area contributed by atoms with Crippen LogP contribution in [0, 0.1) is 0 Å². The first-order valence-corrected chi connectivity index (χ1v) is 12.5. The molecule has 4 heterocycles. The summed E-state index contributed by atoms with van der Waals surface area (Å²) in [5.41, 5.74) is 10.7. The van der Waals surface area contributed by atoms with Gasteiger partial charge in [0.05, 0.1) is 6.20 Å². The van der Waals surface area contributed by atoms with E-state index in [0.29, 0.717) is 12.5 Å². The number of hydrogen-bond donors (Lipinski definition) is 2. The van der Waals surface area contributed by atoms with Crippen molar-refractivity contribution >= 4 is 23.2 Å². The number of rotatable bonds is 6. The standard InChI is InChI=1S/C25H37N9/c1-18(2)22-17-28-34-23(22)29-25(33-9-7-20(26)8-10-33)30-24(34)27-16-19-5-4-6-21(15-19)32-13-11-31(3)12-14-32/h4-6,15,17-18,20H,7-14,16,26H2,1-3H3,(H,27,29,30). The fourth-order valence-corrected chi connectivity index (χ4v) is 4.75. The maximum atomic E-state index is 6.13. The molecule has 9 nitrogen and oxygen atoms in total. The molecule has 0 bridgehead atoms. The van der Waals surface area contributed by atoms with Gasteiger partial charge in [-0.3, -0.25) is 0 Å². The number of nitrogens with two attached hydrogens (primary N) is 1. The third kappa shape index (κ3) is 4.81. The highest BCUT2D eigenvalue weighted by Crippen LogP contribution is 2.25. The molecule has 9 heteroatoms. The van der Waals surface area contributed by atoms with Crippen molar-refractivity contribution in [3.8, 4) is 0 Å². The first kappa shape index (κ1) is 22.9. The molecule has 0 radical (unpaired) electrons. The number of benzene rings is 1. The Hall–Kier alpha value is -2.91. The van der Waals surface area contributed by atoms with Crippen molar-refractivity contribution in [3.63, 3.8) is 0 Å². The molecule has 0 atom stereocenters. The molecule has 0 aliphatic carbocycles. The summed E-state index contributed by atoms with van der Waals surface area (Å²) in [5.74, 6) is 1.82. The summed E-state index contributed by atoms with van der Waals surface area (Å²) in [6.07, 6.45) is 3.85. The molecule has 2 aliphatic heterocycles. The maximum absolute atomic E-state index is 6.13. The fourth-order valence-electron chi connectivity index (χ4n) is 4.75. The van der Waals surface area contributed by atoms with Gasteiger partial charge in [0, 0.05) is 63.1 Å². The van der Waals surface area contributed by atoms with Crippen molar-refractivity contribution in [3.05, 3.63) is 41.6 Å². The predicted molar refractivity (Wildman–Crippen MR) is 138 cm³/mol. The molecule has 0 spiro atoms. The van der Waals surface area contributed by atoms with Crippen molar-refractivity contribution in [2.45, 2.75) is 45.2 Å². The van der Waals surface area contributed by atoms with E-state index >= 15 is 0 Å². The number of hydrogen-bond acceptors (Lipinski definition) is 8. The van der Waals surface area contributed by atoms with Crippen molar-refractivity contribution in [1.82, 2.24) is 24.5 Å². The van der Waals surface area contributed by atoms with E-state index in [0.717, 1.165) is 75.2 Å². The third-order valence-electron chi connectivity index (χ3n) is 7.06. The molecule has 2 aliphatic rings. The van der Waals surface area contributed by atoms with Crippen molar-refractivity contribution in [2.24, 2.45) is 5.73 Å². The first-order valence-electron chi connectivity index (χ1n) is 12.5. The highest BCUT2D eigenvalue weighted by Gasteiger charge is 2.22. The maximum Gasteiger partial charge on any atom is 0.230 e. The fraction of sp³-hybridized carbons (Fsp3) is 0.560. The minimum atomic E-state index is 0.270. The molecule has 2 fully saturated rings. The summed E-state index contributed by atoms with van der Waals surface area (Å²) >= 11 is 0. The van der Waals surface area contributed by atoms with Gasteiger partial charge in [-0.25, -0.2) is 0 Å². The van der Waals surface area contributed by atoms with Crippen LogP contribution in [0.1, 0.15) is 43.7 Å². The van der Waals surface area contributed by atoms with Gasteiger partial charge in [0.15, 0.2) is 5.65 Å². The highest BCUT2D eigenvalue weighted by atomic mass is 15.4. The lowest BCUT2D eigenvalue weighted by atomic mass is 10.1. The van der Waals surface area contributed by atoms with Crippen LogP contribution in [0.3, 0.4) is 0 Å². The normalized spacial score (nSPS) is 18.3. The van der Waals surface area contributed by atoms with Gasteiger partial charge in [0.2, 0.25) is 11.9 Å². The quantitative estimate of drug-likeness (QED) is 0.576. The highest BCUT2D eigenvalue weighted by molar-refractivity contribution is 5.57. The number of likely N-dealkylation sites (N-methyl/N-ethyl adjacent to an activating group) is 1. The van der Waals surface area contributed by atoms with E-state index in [2.05, 4.69) is 70.3 Å². The molecular formula is C25H37N9. The summed E-state index contributed by atoms with van der Waals surface area (Å²) < 4.78 is 1.85. The number of fused-ring (bicyclic) bond motifs is 1. The SMILES string of the molecule is CC(C)c1cnn2c(NCc3cccc(N4CCN(C)CC4)c3)nc(N3CCC(N)CC3)nc12. The minimum absolute atomic E-state index is 0.270. The molecule has 0 saturated carbocycles. The van der Waals surface area contributed by atoms with Gasteiger partial charge in [-0.2, -0.15) is 19.6 Å². The summed E-state index contributed by atoms with van der Waals surface area (Å²) in [5, 5.41) is 8.18. The van der Waals surface area contributed by atoms with Gasteiger partial charge in [-0.15, -0.1) is 0 Å². The Balaban J connectivity index is 1.39. The average Bonchev–Trinajstić information content (AvgIpc) is 3.28. The van der Waals surface area contributed by atoms with Crippen LogP contribution in [0.2, 0.25) is 0 Å². The van der Waals surface area contributed by atoms with E-state index in [1.165, 1.54) is 11.3 Å². The van der Waals surface area contributed by atoms with Gasteiger partial charge in [0.25, 0.3) is 0 Å². The Labute approximate surface area is 202 Å². The van der Waals surface area contributed by atoms with E-state index in [1.807, 2.05) is 10.7 Å². The number of anilines is 3. The second-order valence-corrected chi connectivity index (χ2v) is 9.98. The zero-order valence-corrected chi connectivity index (χ0v) is 20.6. The largest absolute Gasteiger partial charge is 0.369 e. The zero-order valence-electron chi connectivity index (χ0n) is 20.6. The molecule has 0 amide bonds. The molecular weight excluding hydrogens is 426 g/mol. The molecule has 2 saturated heterocycles. The lowest BCUT2D eigenvalue weighted by Crippen LogP contribution is -2.44. The lowest BCUT2D eigenvalue weighted by Gasteiger charge is -2.34. The van der Waals surface area contributed by atoms with Crippen LogP contribution < -0.4 is 20.9 Å². The van der Waals surface area contributed by atoms with Crippen molar-refractivity contribution in [1.29, 1.82) is 0 Å². The zero-order chi connectivity index (χ0) is 23.7.